The number of rotatable bonds is 5. The standard InChI is InChI=1S/C21H18N2O/c1-3-7-17(8-4-1)15-23-12-11-19-20(23)13-22-14-21(19)24-16-18-9-5-2-6-10-18/h1-14H,15-16H2. The van der Waals surface area contributed by atoms with Crippen molar-refractivity contribution in [1.82, 2.24) is 9.55 Å². The van der Waals surface area contributed by atoms with Gasteiger partial charge in [-0.25, -0.2) is 0 Å². The average molecular weight is 314 g/mol. The van der Waals surface area contributed by atoms with Gasteiger partial charge in [0.2, 0.25) is 0 Å². The van der Waals surface area contributed by atoms with Gasteiger partial charge in [-0.2, -0.15) is 0 Å². The Morgan fingerprint density at radius 2 is 1.50 bits per heavy atom. The molecular weight excluding hydrogens is 296 g/mol. The van der Waals surface area contributed by atoms with Crippen LogP contribution in [0.4, 0.5) is 0 Å². The van der Waals surface area contributed by atoms with Gasteiger partial charge in [-0.15, -0.1) is 0 Å². The zero-order valence-electron chi connectivity index (χ0n) is 13.3. The Hall–Kier alpha value is -3.07. The fourth-order valence-electron chi connectivity index (χ4n) is 2.85. The highest BCUT2D eigenvalue weighted by Gasteiger charge is 2.08. The maximum absolute atomic E-state index is 5.99. The maximum atomic E-state index is 5.99. The first-order valence-corrected chi connectivity index (χ1v) is 8.04. The van der Waals surface area contributed by atoms with E-state index in [2.05, 4.69) is 58.2 Å². The third kappa shape index (κ3) is 3.01. The molecule has 2 aromatic heterocycles. The van der Waals surface area contributed by atoms with Crippen LogP contribution in [-0.4, -0.2) is 9.55 Å². The molecule has 0 fully saturated rings. The Morgan fingerprint density at radius 3 is 2.25 bits per heavy atom. The quantitative estimate of drug-likeness (QED) is 0.535. The molecule has 0 spiro atoms. The lowest BCUT2D eigenvalue weighted by Gasteiger charge is -2.09. The van der Waals surface area contributed by atoms with Crippen LogP contribution < -0.4 is 4.74 Å². The van der Waals surface area contributed by atoms with E-state index in [9.17, 15) is 0 Å². The Kier molecular flexibility index (Phi) is 3.98. The lowest BCUT2D eigenvalue weighted by atomic mass is 10.2. The summed E-state index contributed by atoms with van der Waals surface area (Å²) in [5.74, 6) is 0.822. The van der Waals surface area contributed by atoms with Crippen molar-refractivity contribution in [3.8, 4) is 5.75 Å². The summed E-state index contributed by atoms with van der Waals surface area (Å²) < 4.78 is 8.19. The number of fused-ring (bicyclic) bond motifs is 1. The summed E-state index contributed by atoms with van der Waals surface area (Å²) >= 11 is 0. The fourth-order valence-corrected chi connectivity index (χ4v) is 2.85. The van der Waals surface area contributed by atoms with E-state index in [1.165, 1.54) is 5.56 Å². The van der Waals surface area contributed by atoms with Crippen molar-refractivity contribution in [3.05, 3.63) is 96.4 Å². The molecule has 2 aromatic carbocycles. The van der Waals surface area contributed by atoms with Crippen molar-refractivity contribution in [1.29, 1.82) is 0 Å². The van der Waals surface area contributed by atoms with E-state index in [0.717, 1.165) is 28.8 Å². The van der Waals surface area contributed by atoms with Gasteiger partial charge >= 0.3 is 0 Å². The van der Waals surface area contributed by atoms with Crippen molar-refractivity contribution < 1.29 is 4.74 Å². The lowest BCUT2D eigenvalue weighted by molar-refractivity contribution is 0.309. The zero-order valence-corrected chi connectivity index (χ0v) is 13.3. The number of benzene rings is 2. The van der Waals surface area contributed by atoms with Crippen molar-refractivity contribution in [2.75, 3.05) is 0 Å². The van der Waals surface area contributed by atoms with Gasteiger partial charge in [0.15, 0.2) is 0 Å². The zero-order chi connectivity index (χ0) is 16.2. The number of ether oxygens (including phenoxy) is 1. The van der Waals surface area contributed by atoms with Crippen molar-refractivity contribution in [2.24, 2.45) is 0 Å². The van der Waals surface area contributed by atoms with Crippen LogP contribution in [-0.2, 0) is 13.2 Å². The number of hydrogen-bond donors (Lipinski definition) is 0. The fraction of sp³-hybridized carbons (Fsp3) is 0.0952. The third-order valence-corrected chi connectivity index (χ3v) is 4.09. The molecule has 0 saturated heterocycles. The van der Waals surface area contributed by atoms with Gasteiger partial charge in [-0.05, 0) is 17.2 Å². The first-order valence-electron chi connectivity index (χ1n) is 8.04. The summed E-state index contributed by atoms with van der Waals surface area (Å²) in [7, 11) is 0. The van der Waals surface area contributed by atoms with Crippen molar-refractivity contribution in [2.45, 2.75) is 13.2 Å². The number of hydrogen-bond acceptors (Lipinski definition) is 2. The molecule has 0 radical (unpaired) electrons. The molecular formula is C21H18N2O. The molecule has 2 heterocycles. The average Bonchev–Trinajstić information content (AvgIpc) is 3.05. The first kappa shape index (κ1) is 14.5. The summed E-state index contributed by atoms with van der Waals surface area (Å²) in [5, 5.41) is 1.09. The van der Waals surface area contributed by atoms with Gasteiger partial charge in [0.05, 0.1) is 17.9 Å². The van der Waals surface area contributed by atoms with E-state index >= 15 is 0 Å². The molecule has 4 rings (SSSR count). The molecule has 0 unspecified atom stereocenters. The van der Waals surface area contributed by atoms with Crippen molar-refractivity contribution >= 4 is 10.9 Å². The summed E-state index contributed by atoms with van der Waals surface area (Å²) in [6, 6.07) is 22.7. The van der Waals surface area contributed by atoms with E-state index in [-0.39, 0.29) is 0 Å². The highest BCUT2D eigenvalue weighted by molar-refractivity contribution is 5.85. The second-order valence-corrected chi connectivity index (χ2v) is 5.77. The highest BCUT2D eigenvalue weighted by Crippen LogP contribution is 2.26. The summed E-state index contributed by atoms with van der Waals surface area (Å²) in [6.45, 7) is 1.37. The van der Waals surface area contributed by atoms with E-state index in [4.69, 9.17) is 4.74 Å². The molecule has 0 saturated carbocycles. The van der Waals surface area contributed by atoms with Crippen LogP contribution >= 0.6 is 0 Å². The molecule has 24 heavy (non-hydrogen) atoms. The summed E-state index contributed by atoms with van der Waals surface area (Å²) in [6.07, 6.45) is 5.78. The van der Waals surface area contributed by atoms with Crippen LogP contribution in [0.5, 0.6) is 5.75 Å². The van der Waals surface area contributed by atoms with Crippen LogP contribution in [0.2, 0.25) is 0 Å². The normalized spacial score (nSPS) is 10.8. The van der Waals surface area contributed by atoms with Crippen LogP contribution in [0.15, 0.2) is 85.3 Å². The van der Waals surface area contributed by atoms with E-state index in [1.54, 1.807) is 6.20 Å². The smallest absolute Gasteiger partial charge is 0.147 e. The van der Waals surface area contributed by atoms with Gasteiger partial charge in [-0.3, -0.25) is 4.98 Å². The molecule has 0 aliphatic carbocycles. The van der Waals surface area contributed by atoms with Crippen molar-refractivity contribution in [3.63, 3.8) is 0 Å². The molecule has 118 valence electrons. The number of aromatic nitrogens is 2. The monoisotopic (exact) mass is 314 g/mol. The van der Waals surface area contributed by atoms with E-state index in [1.807, 2.05) is 30.5 Å². The predicted octanol–water partition coefficient (Wildman–Crippen LogP) is 4.66. The molecule has 3 heteroatoms. The highest BCUT2D eigenvalue weighted by atomic mass is 16.5. The minimum atomic E-state index is 0.547. The molecule has 0 aliphatic rings. The SMILES string of the molecule is c1ccc(COc2cncc3c2ccn3Cc2ccccc2)cc1. The molecule has 0 bridgehead atoms. The number of pyridine rings is 1. The first-order chi connectivity index (χ1) is 11.9. The summed E-state index contributed by atoms with van der Waals surface area (Å²) in [5.41, 5.74) is 3.51. The molecule has 0 atom stereocenters. The van der Waals surface area contributed by atoms with Gasteiger partial charge in [0.25, 0.3) is 0 Å². The topological polar surface area (TPSA) is 27.1 Å². The maximum Gasteiger partial charge on any atom is 0.147 e. The Morgan fingerprint density at radius 1 is 0.792 bits per heavy atom. The third-order valence-electron chi connectivity index (χ3n) is 4.09. The number of nitrogens with zero attached hydrogens (tertiary/aromatic N) is 2. The van der Waals surface area contributed by atoms with Gasteiger partial charge < -0.3 is 9.30 Å². The van der Waals surface area contributed by atoms with Crippen LogP contribution in [0.1, 0.15) is 11.1 Å². The minimum absolute atomic E-state index is 0.547. The van der Waals surface area contributed by atoms with Gasteiger partial charge in [0, 0.05) is 18.1 Å². The van der Waals surface area contributed by atoms with Gasteiger partial charge in [0.1, 0.15) is 12.4 Å². The molecule has 0 N–H and O–H groups in total. The van der Waals surface area contributed by atoms with E-state index in [0.29, 0.717) is 6.61 Å². The second kappa shape index (κ2) is 6.59. The van der Waals surface area contributed by atoms with Crippen LogP contribution in [0.3, 0.4) is 0 Å². The largest absolute Gasteiger partial charge is 0.487 e. The predicted molar refractivity (Wildman–Crippen MR) is 96.1 cm³/mol. The Bertz CT molecular complexity index is 930. The minimum Gasteiger partial charge on any atom is -0.487 e. The lowest BCUT2D eigenvalue weighted by Crippen LogP contribution is -1.99. The Balaban J connectivity index is 1.59. The van der Waals surface area contributed by atoms with Crippen LogP contribution in [0, 0.1) is 0 Å². The van der Waals surface area contributed by atoms with E-state index < -0.39 is 0 Å². The molecule has 3 nitrogen and oxygen atoms in total. The van der Waals surface area contributed by atoms with Crippen LogP contribution in [0.25, 0.3) is 10.9 Å². The van der Waals surface area contributed by atoms with Gasteiger partial charge in [-0.1, -0.05) is 60.7 Å². The Labute approximate surface area is 141 Å². The second-order valence-electron chi connectivity index (χ2n) is 5.77. The summed E-state index contributed by atoms with van der Waals surface area (Å²) in [4.78, 5) is 4.35. The molecule has 0 aliphatic heterocycles. The molecule has 0 amide bonds. The molecule has 4 aromatic rings.